The van der Waals surface area contributed by atoms with Crippen LogP contribution in [0.1, 0.15) is 18.1 Å². The van der Waals surface area contributed by atoms with Crippen LogP contribution >= 0.6 is 0 Å². The third-order valence-corrected chi connectivity index (χ3v) is 3.79. The molecule has 0 unspecified atom stereocenters. The van der Waals surface area contributed by atoms with Gasteiger partial charge in [-0.3, -0.25) is 0 Å². The number of hydrogen-bond donors (Lipinski definition) is 1. The van der Waals surface area contributed by atoms with Gasteiger partial charge in [-0.15, -0.1) is 0 Å². The molecule has 0 aliphatic rings. The number of hydrogen-bond acceptors (Lipinski definition) is 3. The molecule has 2 aromatic rings. The lowest BCUT2D eigenvalue weighted by molar-refractivity contribution is 0.270. The highest BCUT2D eigenvalue weighted by Crippen LogP contribution is 2.15. The molecule has 0 aliphatic heterocycles. The maximum absolute atomic E-state index is 13.9. The van der Waals surface area contributed by atoms with Crippen molar-refractivity contribution in [1.82, 2.24) is 10.2 Å². The largest absolute Gasteiger partial charge is 0.489 e. The van der Waals surface area contributed by atoms with Crippen LogP contribution in [0.25, 0.3) is 0 Å². The Balaban J connectivity index is 1.99. The van der Waals surface area contributed by atoms with Crippen molar-refractivity contribution in [3.05, 3.63) is 65.2 Å². The summed E-state index contributed by atoms with van der Waals surface area (Å²) in [6.07, 6.45) is 0. The molecule has 2 rings (SSSR count). The minimum Gasteiger partial charge on any atom is -0.489 e. The molecule has 0 saturated heterocycles. The molecule has 0 radical (unpaired) electrons. The standard InChI is InChI=1S/C20H22F2N4O/c1-3-24-20(25-14-16-12-15(13-23)8-9-17(16)21)26(2)10-11-27-19-7-5-4-6-18(19)22/h4-9,12H,3,10-11,14H2,1-2H3,(H,24,25). The van der Waals surface area contributed by atoms with Crippen molar-refractivity contribution < 1.29 is 13.5 Å². The summed E-state index contributed by atoms with van der Waals surface area (Å²) in [5.41, 5.74) is 0.735. The maximum Gasteiger partial charge on any atom is 0.194 e. The lowest BCUT2D eigenvalue weighted by Gasteiger charge is -2.22. The molecule has 0 spiro atoms. The van der Waals surface area contributed by atoms with Crippen LogP contribution in [0.4, 0.5) is 8.78 Å². The second-order valence-corrected chi connectivity index (χ2v) is 5.79. The van der Waals surface area contributed by atoms with Crippen LogP contribution in [0.15, 0.2) is 47.5 Å². The maximum atomic E-state index is 13.9. The van der Waals surface area contributed by atoms with Gasteiger partial charge in [0.15, 0.2) is 17.5 Å². The number of likely N-dealkylation sites (N-methyl/N-ethyl adjacent to an activating group) is 1. The number of nitriles is 1. The summed E-state index contributed by atoms with van der Waals surface area (Å²) in [6.45, 7) is 3.39. The number of para-hydroxylation sites is 1. The summed E-state index contributed by atoms with van der Waals surface area (Å²) in [7, 11) is 1.81. The van der Waals surface area contributed by atoms with E-state index in [-0.39, 0.29) is 18.9 Å². The molecule has 1 N–H and O–H groups in total. The minimum absolute atomic E-state index is 0.0994. The van der Waals surface area contributed by atoms with Crippen molar-refractivity contribution in [2.45, 2.75) is 13.5 Å². The van der Waals surface area contributed by atoms with E-state index in [4.69, 9.17) is 10.00 Å². The molecule has 0 saturated carbocycles. The Kier molecular flexibility index (Phi) is 7.56. The average molecular weight is 372 g/mol. The molecule has 7 heteroatoms. The molecular weight excluding hydrogens is 350 g/mol. The Bertz CT molecular complexity index is 833. The van der Waals surface area contributed by atoms with Crippen LogP contribution in [0.2, 0.25) is 0 Å². The first kappa shape index (κ1) is 20.2. The molecule has 0 heterocycles. The molecule has 0 aliphatic carbocycles. The van der Waals surface area contributed by atoms with Gasteiger partial charge >= 0.3 is 0 Å². The highest BCUT2D eigenvalue weighted by atomic mass is 19.1. The molecule has 27 heavy (non-hydrogen) atoms. The average Bonchev–Trinajstić information content (AvgIpc) is 2.67. The van der Waals surface area contributed by atoms with Crippen molar-refractivity contribution in [3.63, 3.8) is 0 Å². The lowest BCUT2D eigenvalue weighted by Crippen LogP contribution is -2.40. The summed E-state index contributed by atoms with van der Waals surface area (Å²) >= 11 is 0. The second kappa shape index (κ2) is 10.1. The topological polar surface area (TPSA) is 60.7 Å². The smallest absolute Gasteiger partial charge is 0.194 e. The van der Waals surface area contributed by atoms with Gasteiger partial charge in [0.1, 0.15) is 12.4 Å². The molecule has 5 nitrogen and oxygen atoms in total. The van der Waals surface area contributed by atoms with Gasteiger partial charge in [0, 0.05) is 19.2 Å². The number of nitrogens with zero attached hydrogens (tertiary/aromatic N) is 3. The second-order valence-electron chi connectivity index (χ2n) is 5.79. The van der Waals surface area contributed by atoms with Crippen molar-refractivity contribution >= 4 is 5.96 Å². The fourth-order valence-corrected chi connectivity index (χ4v) is 2.36. The number of nitrogens with one attached hydrogen (secondary N) is 1. The first-order chi connectivity index (χ1) is 13.0. The number of halogens is 2. The van der Waals surface area contributed by atoms with Gasteiger partial charge in [-0.1, -0.05) is 12.1 Å². The van der Waals surface area contributed by atoms with Gasteiger partial charge in [-0.2, -0.15) is 5.26 Å². The summed E-state index contributed by atoms with van der Waals surface area (Å²) in [5, 5.41) is 12.1. The zero-order valence-electron chi connectivity index (χ0n) is 15.4. The number of ether oxygens (including phenoxy) is 1. The van der Waals surface area contributed by atoms with Gasteiger partial charge in [-0.05, 0) is 37.3 Å². The fraction of sp³-hybridized carbons (Fsp3) is 0.300. The predicted octanol–water partition coefficient (Wildman–Crippen LogP) is 3.31. The summed E-state index contributed by atoms with van der Waals surface area (Å²) < 4.78 is 32.9. The Morgan fingerprint density at radius 1 is 1.22 bits per heavy atom. The van der Waals surface area contributed by atoms with Crippen molar-refractivity contribution in [2.24, 2.45) is 4.99 Å². The molecule has 142 valence electrons. The highest BCUT2D eigenvalue weighted by Gasteiger charge is 2.09. The number of guanidine groups is 1. The number of rotatable bonds is 7. The fourth-order valence-electron chi connectivity index (χ4n) is 2.36. The van der Waals surface area contributed by atoms with Gasteiger partial charge in [-0.25, -0.2) is 13.8 Å². The Hall–Kier alpha value is -3.14. The van der Waals surface area contributed by atoms with Crippen molar-refractivity contribution in [1.29, 1.82) is 5.26 Å². The zero-order valence-corrected chi connectivity index (χ0v) is 15.4. The minimum atomic E-state index is -0.409. The van der Waals surface area contributed by atoms with Crippen LogP contribution in [-0.2, 0) is 6.54 Å². The molecule has 2 aromatic carbocycles. The molecule has 0 atom stereocenters. The van der Waals surface area contributed by atoms with E-state index in [1.807, 2.05) is 24.9 Å². The number of benzene rings is 2. The van der Waals surface area contributed by atoms with Crippen molar-refractivity contribution in [2.75, 3.05) is 26.7 Å². The third-order valence-electron chi connectivity index (χ3n) is 3.79. The van der Waals surface area contributed by atoms with E-state index < -0.39 is 11.6 Å². The van der Waals surface area contributed by atoms with E-state index in [2.05, 4.69) is 10.3 Å². The Labute approximate surface area is 157 Å². The van der Waals surface area contributed by atoms with Crippen LogP contribution in [0, 0.1) is 23.0 Å². The normalized spacial score (nSPS) is 11.0. The predicted molar refractivity (Wildman–Crippen MR) is 100 cm³/mol. The van der Waals surface area contributed by atoms with E-state index in [1.165, 1.54) is 24.3 Å². The Morgan fingerprint density at radius 3 is 2.70 bits per heavy atom. The van der Waals surface area contributed by atoms with E-state index in [0.717, 1.165) is 0 Å². The van der Waals surface area contributed by atoms with Crippen LogP contribution in [-0.4, -0.2) is 37.6 Å². The van der Waals surface area contributed by atoms with E-state index in [9.17, 15) is 8.78 Å². The first-order valence-electron chi connectivity index (χ1n) is 8.60. The molecule has 0 amide bonds. The highest BCUT2D eigenvalue weighted by molar-refractivity contribution is 5.79. The van der Waals surface area contributed by atoms with Crippen LogP contribution in [0.3, 0.4) is 0 Å². The lowest BCUT2D eigenvalue weighted by atomic mass is 10.1. The van der Waals surface area contributed by atoms with E-state index >= 15 is 0 Å². The summed E-state index contributed by atoms with van der Waals surface area (Å²) in [5.74, 6) is -0.0488. The molecule has 0 aromatic heterocycles. The van der Waals surface area contributed by atoms with Gasteiger partial charge in [0.25, 0.3) is 0 Å². The molecule has 0 bridgehead atoms. The zero-order chi connectivity index (χ0) is 19.6. The summed E-state index contributed by atoms with van der Waals surface area (Å²) in [6, 6.07) is 12.4. The van der Waals surface area contributed by atoms with E-state index in [0.29, 0.717) is 30.2 Å². The summed E-state index contributed by atoms with van der Waals surface area (Å²) in [4.78, 5) is 6.23. The number of aliphatic imine (C=N–C) groups is 1. The third kappa shape index (κ3) is 5.96. The SMILES string of the molecule is CCNC(=NCc1cc(C#N)ccc1F)N(C)CCOc1ccccc1F. The van der Waals surface area contributed by atoms with Gasteiger partial charge in [0.05, 0.1) is 24.7 Å². The van der Waals surface area contributed by atoms with Gasteiger partial charge in [0.2, 0.25) is 0 Å². The quantitative estimate of drug-likeness (QED) is 0.598. The Morgan fingerprint density at radius 2 is 2.00 bits per heavy atom. The monoisotopic (exact) mass is 372 g/mol. The van der Waals surface area contributed by atoms with Crippen molar-refractivity contribution in [3.8, 4) is 11.8 Å². The first-order valence-corrected chi connectivity index (χ1v) is 8.60. The molecular formula is C20H22F2N4O. The van der Waals surface area contributed by atoms with Crippen LogP contribution < -0.4 is 10.1 Å². The van der Waals surface area contributed by atoms with Crippen LogP contribution in [0.5, 0.6) is 5.75 Å². The van der Waals surface area contributed by atoms with Gasteiger partial charge < -0.3 is 15.0 Å². The van der Waals surface area contributed by atoms with E-state index in [1.54, 1.807) is 18.2 Å². The molecule has 0 fully saturated rings.